The fourth-order valence-corrected chi connectivity index (χ4v) is 2.64. The second-order valence-corrected chi connectivity index (χ2v) is 4.88. The zero-order valence-electron chi connectivity index (χ0n) is 10.3. The topological polar surface area (TPSA) is 66.0 Å². The van der Waals surface area contributed by atoms with E-state index in [1.165, 1.54) is 0 Å². The van der Waals surface area contributed by atoms with Crippen LogP contribution in [0.2, 0.25) is 0 Å². The summed E-state index contributed by atoms with van der Waals surface area (Å²) in [5.74, 6) is 1.21. The van der Waals surface area contributed by atoms with Crippen LogP contribution in [0.15, 0.2) is 12.3 Å². The van der Waals surface area contributed by atoms with Gasteiger partial charge in [-0.25, -0.2) is 4.98 Å². The molecule has 96 valence electrons. The van der Waals surface area contributed by atoms with E-state index >= 15 is 0 Å². The number of hydrogen-bond donors (Lipinski definition) is 3. The molecule has 0 spiro atoms. The first-order valence-corrected chi connectivity index (χ1v) is 6.58. The van der Waals surface area contributed by atoms with Gasteiger partial charge in [0.1, 0.15) is 5.82 Å². The molecule has 0 saturated carbocycles. The molecule has 0 bridgehead atoms. The molecule has 1 amide bonds. The minimum Gasteiger partial charge on any atom is -0.369 e. The smallest absolute Gasteiger partial charge is 0.227 e. The number of amides is 1. The molecule has 3 rings (SSSR count). The standard InChI is InChI=1S/C13H18N4O/c18-13(9-1-5-14-6-2-9)17-11-4-8-16-12-10(11)3-7-15-12/h4,8-9,14H,1-3,5-7H2,(H2,15,16,17,18). The summed E-state index contributed by atoms with van der Waals surface area (Å²) in [5.41, 5.74) is 2.06. The van der Waals surface area contributed by atoms with Crippen molar-refractivity contribution in [3.63, 3.8) is 0 Å². The average Bonchev–Trinajstić information content (AvgIpc) is 2.89. The molecule has 1 fully saturated rings. The van der Waals surface area contributed by atoms with E-state index in [9.17, 15) is 4.79 Å². The van der Waals surface area contributed by atoms with E-state index in [1.807, 2.05) is 6.07 Å². The largest absolute Gasteiger partial charge is 0.369 e. The van der Waals surface area contributed by atoms with E-state index in [-0.39, 0.29) is 11.8 Å². The number of rotatable bonds is 2. The minimum absolute atomic E-state index is 0.143. The van der Waals surface area contributed by atoms with Gasteiger partial charge in [0.2, 0.25) is 5.91 Å². The molecule has 2 aliphatic heterocycles. The SMILES string of the molecule is O=C(Nc1ccnc2c1CCN2)C1CCNCC1. The molecule has 0 atom stereocenters. The van der Waals surface area contributed by atoms with Crippen molar-refractivity contribution in [1.82, 2.24) is 10.3 Å². The summed E-state index contributed by atoms with van der Waals surface area (Å²) in [6.07, 6.45) is 4.54. The highest BCUT2D eigenvalue weighted by molar-refractivity contribution is 5.94. The Morgan fingerprint density at radius 2 is 2.17 bits per heavy atom. The van der Waals surface area contributed by atoms with Crippen LogP contribution in [0, 0.1) is 5.92 Å². The molecule has 1 aromatic rings. The molecule has 0 aliphatic carbocycles. The van der Waals surface area contributed by atoms with Crippen molar-refractivity contribution < 1.29 is 4.79 Å². The fraction of sp³-hybridized carbons (Fsp3) is 0.538. The highest BCUT2D eigenvalue weighted by Crippen LogP contribution is 2.27. The number of aromatic nitrogens is 1. The molecule has 2 aliphatic rings. The van der Waals surface area contributed by atoms with Gasteiger partial charge in [-0.15, -0.1) is 0 Å². The number of pyridine rings is 1. The predicted molar refractivity (Wildman–Crippen MR) is 70.7 cm³/mol. The zero-order valence-corrected chi connectivity index (χ0v) is 10.3. The third-order valence-corrected chi connectivity index (χ3v) is 3.69. The van der Waals surface area contributed by atoms with E-state index in [1.54, 1.807) is 6.20 Å². The first kappa shape index (κ1) is 11.5. The normalized spacial score (nSPS) is 19.1. The van der Waals surface area contributed by atoms with Crippen molar-refractivity contribution in [3.05, 3.63) is 17.8 Å². The van der Waals surface area contributed by atoms with Crippen LogP contribution in [0.25, 0.3) is 0 Å². The summed E-state index contributed by atoms with van der Waals surface area (Å²) >= 11 is 0. The summed E-state index contributed by atoms with van der Waals surface area (Å²) in [4.78, 5) is 16.5. The van der Waals surface area contributed by atoms with Crippen molar-refractivity contribution in [2.75, 3.05) is 30.3 Å². The van der Waals surface area contributed by atoms with Crippen LogP contribution in [0.5, 0.6) is 0 Å². The van der Waals surface area contributed by atoms with Gasteiger partial charge >= 0.3 is 0 Å². The molecule has 18 heavy (non-hydrogen) atoms. The summed E-state index contributed by atoms with van der Waals surface area (Å²) in [5, 5.41) is 9.56. The van der Waals surface area contributed by atoms with Crippen molar-refractivity contribution in [2.24, 2.45) is 5.92 Å². The Balaban J connectivity index is 1.72. The van der Waals surface area contributed by atoms with E-state index in [2.05, 4.69) is 20.9 Å². The number of nitrogens with zero attached hydrogens (tertiary/aromatic N) is 1. The van der Waals surface area contributed by atoms with Crippen LogP contribution >= 0.6 is 0 Å². The van der Waals surface area contributed by atoms with Crippen LogP contribution in [0.3, 0.4) is 0 Å². The maximum absolute atomic E-state index is 12.2. The van der Waals surface area contributed by atoms with Gasteiger partial charge < -0.3 is 16.0 Å². The van der Waals surface area contributed by atoms with E-state index in [0.29, 0.717) is 0 Å². The fourth-order valence-electron chi connectivity index (χ4n) is 2.64. The Morgan fingerprint density at radius 1 is 1.33 bits per heavy atom. The van der Waals surface area contributed by atoms with Crippen molar-refractivity contribution in [2.45, 2.75) is 19.3 Å². The number of fused-ring (bicyclic) bond motifs is 1. The highest BCUT2D eigenvalue weighted by Gasteiger charge is 2.23. The molecular formula is C13H18N4O. The van der Waals surface area contributed by atoms with Crippen LogP contribution in [0.1, 0.15) is 18.4 Å². The first-order valence-electron chi connectivity index (χ1n) is 6.58. The number of carbonyl (C=O) groups is 1. The Bertz CT molecular complexity index is 454. The maximum Gasteiger partial charge on any atom is 0.227 e. The molecule has 1 saturated heterocycles. The minimum atomic E-state index is 0.143. The van der Waals surface area contributed by atoms with Gasteiger partial charge in [0.15, 0.2) is 0 Å². The van der Waals surface area contributed by atoms with E-state index in [0.717, 1.165) is 56.0 Å². The lowest BCUT2D eigenvalue weighted by Gasteiger charge is -2.22. The summed E-state index contributed by atoms with van der Waals surface area (Å²) in [6.45, 7) is 2.78. The van der Waals surface area contributed by atoms with Gasteiger partial charge in [-0.3, -0.25) is 4.79 Å². The zero-order chi connectivity index (χ0) is 12.4. The first-order chi connectivity index (χ1) is 8.84. The molecule has 3 N–H and O–H groups in total. The number of anilines is 2. The molecule has 0 aromatic carbocycles. The number of nitrogens with one attached hydrogen (secondary N) is 3. The van der Waals surface area contributed by atoms with Gasteiger partial charge in [0.05, 0.1) is 0 Å². The van der Waals surface area contributed by atoms with Crippen LogP contribution < -0.4 is 16.0 Å². The molecular weight excluding hydrogens is 228 g/mol. The molecule has 5 heteroatoms. The average molecular weight is 246 g/mol. The van der Waals surface area contributed by atoms with Crippen molar-refractivity contribution in [1.29, 1.82) is 0 Å². The van der Waals surface area contributed by atoms with Crippen LogP contribution in [0.4, 0.5) is 11.5 Å². The van der Waals surface area contributed by atoms with Gasteiger partial charge in [0.25, 0.3) is 0 Å². The van der Waals surface area contributed by atoms with Gasteiger partial charge in [-0.1, -0.05) is 0 Å². The van der Waals surface area contributed by atoms with Gasteiger partial charge in [-0.05, 0) is 38.4 Å². The monoisotopic (exact) mass is 246 g/mol. The Morgan fingerprint density at radius 3 is 3.00 bits per heavy atom. The van der Waals surface area contributed by atoms with Crippen LogP contribution in [-0.4, -0.2) is 30.5 Å². The third kappa shape index (κ3) is 2.18. The number of piperidine rings is 1. The van der Waals surface area contributed by atoms with Crippen LogP contribution in [-0.2, 0) is 11.2 Å². The predicted octanol–water partition coefficient (Wildman–Crippen LogP) is 0.988. The summed E-state index contributed by atoms with van der Waals surface area (Å²) in [6, 6.07) is 1.89. The lowest BCUT2D eigenvalue weighted by atomic mass is 9.97. The summed E-state index contributed by atoms with van der Waals surface area (Å²) < 4.78 is 0. The summed E-state index contributed by atoms with van der Waals surface area (Å²) in [7, 11) is 0. The van der Waals surface area contributed by atoms with Gasteiger partial charge in [-0.2, -0.15) is 0 Å². The number of hydrogen-bond acceptors (Lipinski definition) is 4. The van der Waals surface area contributed by atoms with E-state index < -0.39 is 0 Å². The Labute approximate surface area is 106 Å². The third-order valence-electron chi connectivity index (χ3n) is 3.69. The number of carbonyl (C=O) groups excluding carboxylic acids is 1. The Hall–Kier alpha value is -1.62. The second kappa shape index (κ2) is 4.94. The van der Waals surface area contributed by atoms with Crippen molar-refractivity contribution in [3.8, 4) is 0 Å². The lowest BCUT2D eigenvalue weighted by molar-refractivity contribution is -0.120. The molecule has 5 nitrogen and oxygen atoms in total. The highest BCUT2D eigenvalue weighted by atomic mass is 16.1. The molecule has 1 aromatic heterocycles. The van der Waals surface area contributed by atoms with Crippen molar-refractivity contribution >= 4 is 17.4 Å². The lowest BCUT2D eigenvalue weighted by Crippen LogP contribution is -2.34. The second-order valence-electron chi connectivity index (χ2n) is 4.88. The molecule has 3 heterocycles. The molecule has 0 unspecified atom stereocenters. The van der Waals surface area contributed by atoms with Gasteiger partial charge in [0, 0.05) is 29.9 Å². The maximum atomic E-state index is 12.2. The quantitative estimate of drug-likeness (QED) is 0.728. The van der Waals surface area contributed by atoms with E-state index in [4.69, 9.17) is 0 Å². The molecule has 0 radical (unpaired) electrons. The Kier molecular flexibility index (Phi) is 3.15.